The number of nitrogens with zero attached hydrogens (tertiary/aromatic N) is 1. The molecule has 3 aromatic heterocycles. The number of allylic oxidation sites excluding steroid dienone is 1. The van der Waals surface area contributed by atoms with Crippen molar-refractivity contribution in [2.75, 3.05) is 0 Å². The fraction of sp³-hybridized carbons (Fsp3) is 0.188. The molecule has 0 amide bonds. The number of ether oxygens (including phenoxy) is 1. The number of hydrogen-bond acceptors (Lipinski definition) is 6. The van der Waals surface area contributed by atoms with E-state index < -0.39 is 12.1 Å². The molecule has 0 saturated heterocycles. The van der Waals surface area contributed by atoms with Crippen LogP contribution in [0.15, 0.2) is 39.8 Å². The number of hydrogen-bond donors (Lipinski definition) is 1. The van der Waals surface area contributed by atoms with E-state index in [4.69, 9.17) is 4.74 Å². The Balaban J connectivity index is 2.00. The van der Waals surface area contributed by atoms with Gasteiger partial charge in [0, 0.05) is 21.9 Å². The maximum absolute atomic E-state index is 12.5. The van der Waals surface area contributed by atoms with Crippen molar-refractivity contribution in [1.29, 1.82) is 0 Å². The number of carbonyl (C=O) groups excluding carboxylic acids is 1. The van der Waals surface area contributed by atoms with E-state index in [1.165, 1.54) is 17.4 Å². The average molecular weight is 346 g/mol. The van der Waals surface area contributed by atoms with Gasteiger partial charge in [-0.15, -0.1) is 22.7 Å². The van der Waals surface area contributed by atoms with Crippen LogP contribution in [-0.4, -0.2) is 15.9 Å². The normalized spacial score (nSPS) is 12.8. The second kappa shape index (κ2) is 6.47. The van der Waals surface area contributed by atoms with E-state index in [9.17, 15) is 9.59 Å². The molecule has 118 valence electrons. The summed E-state index contributed by atoms with van der Waals surface area (Å²) in [5.41, 5.74) is 0.669. The quantitative estimate of drug-likeness (QED) is 0.574. The van der Waals surface area contributed by atoms with Crippen LogP contribution in [0.3, 0.4) is 0 Å². The molecule has 0 radical (unpaired) electrons. The number of fused-ring (bicyclic) bond motifs is 1. The van der Waals surface area contributed by atoms with E-state index in [-0.39, 0.29) is 5.56 Å². The maximum atomic E-state index is 12.5. The standard InChI is InChI=1S/C16H14N2O3S2/c1-3-5-12(19)21-9(2)14-17-15(20)13-10(8-23-16(13)18-14)11-6-4-7-22-11/h3-9H,1-2H3,(H,17,18,20)/b5-3+/t9-/m0/s1. The van der Waals surface area contributed by atoms with Crippen LogP contribution >= 0.6 is 22.7 Å². The molecule has 0 aliphatic carbocycles. The van der Waals surface area contributed by atoms with Gasteiger partial charge in [-0.1, -0.05) is 12.1 Å². The first-order valence-electron chi connectivity index (χ1n) is 6.98. The summed E-state index contributed by atoms with van der Waals surface area (Å²) >= 11 is 2.99. The van der Waals surface area contributed by atoms with Crippen molar-refractivity contribution >= 4 is 38.9 Å². The van der Waals surface area contributed by atoms with Gasteiger partial charge in [-0.2, -0.15) is 0 Å². The number of rotatable bonds is 4. The Hall–Kier alpha value is -2.25. The number of H-pyrrole nitrogens is 1. The SMILES string of the molecule is C/C=C/C(=O)O[C@@H](C)c1nc2scc(-c3cccs3)c2c(=O)[nH]1. The van der Waals surface area contributed by atoms with Gasteiger partial charge in [0.15, 0.2) is 11.9 Å². The van der Waals surface area contributed by atoms with Crippen LogP contribution in [0, 0.1) is 0 Å². The zero-order chi connectivity index (χ0) is 16.4. The number of thiophene rings is 2. The third-order valence-electron chi connectivity index (χ3n) is 3.23. The molecular weight excluding hydrogens is 332 g/mol. The fourth-order valence-corrected chi connectivity index (χ4v) is 3.95. The Kier molecular flexibility index (Phi) is 4.40. The average Bonchev–Trinajstić information content (AvgIpc) is 3.15. The molecule has 0 aromatic carbocycles. The van der Waals surface area contributed by atoms with Crippen LogP contribution < -0.4 is 5.56 Å². The first kappa shape index (κ1) is 15.6. The number of esters is 1. The van der Waals surface area contributed by atoms with Gasteiger partial charge in [0.2, 0.25) is 0 Å². The van der Waals surface area contributed by atoms with Crippen LogP contribution in [0.25, 0.3) is 20.7 Å². The highest BCUT2D eigenvalue weighted by Crippen LogP contribution is 2.33. The second-order valence-electron chi connectivity index (χ2n) is 4.84. The molecule has 3 heterocycles. The van der Waals surface area contributed by atoms with Crippen LogP contribution in [0.2, 0.25) is 0 Å². The minimum Gasteiger partial charge on any atom is -0.451 e. The van der Waals surface area contributed by atoms with E-state index in [1.807, 2.05) is 22.9 Å². The summed E-state index contributed by atoms with van der Waals surface area (Å²) in [5, 5.41) is 4.48. The molecule has 3 rings (SSSR count). The van der Waals surface area contributed by atoms with Crippen molar-refractivity contribution in [3.05, 3.63) is 51.2 Å². The highest BCUT2D eigenvalue weighted by Gasteiger charge is 2.17. The molecule has 0 fully saturated rings. The van der Waals surface area contributed by atoms with Gasteiger partial charge in [-0.25, -0.2) is 9.78 Å². The molecule has 7 heteroatoms. The predicted octanol–water partition coefficient (Wildman–Crippen LogP) is 3.89. The zero-order valence-electron chi connectivity index (χ0n) is 12.5. The summed E-state index contributed by atoms with van der Waals surface area (Å²) in [5.74, 6) is -0.117. The summed E-state index contributed by atoms with van der Waals surface area (Å²) in [4.78, 5) is 32.8. The van der Waals surface area contributed by atoms with Gasteiger partial charge >= 0.3 is 5.97 Å². The molecule has 23 heavy (non-hydrogen) atoms. The van der Waals surface area contributed by atoms with E-state index in [2.05, 4.69) is 9.97 Å². The molecular formula is C16H14N2O3S2. The molecule has 0 aliphatic heterocycles. The fourth-order valence-electron chi connectivity index (χ4n) is 2.18. The van der Waals surface area contributed by atoms with Gasteiger partial charge in [0.25, 0.3) is 5.56 Å². The van der Waals surface area contributed by atoms with E-state index in [0.29, 0.717) is 16.0 Å². The van der Waals surface area contributed by atoms with Gasteiger partial charge in [-0.3, -0.25) is 4.79 Å². The van der Waals surface area contributed by atoms with Crippen molar-refractivity contribution in [3.8, 4) is 10.4 Å². The lowest BCUT2D eigenvalue weighted by atomic mass is 10.2. The molecule has 3 aromatic rings. The Morgan fingerprint density at radius 2 is 2.26 bits per heavy atom. The van der Waals surface area contributed by atoms with Crippen molar-refractivity contribution in [2.24, 2.45) is 0 Å². The zero-order valence-corrected chi connectivity index (χ0v) is 14.2. The Labute approximate surface area is 140 Å². The summed E-state index contributed by atoms with van der Waals surface area (Å²) < 4.78 is 5.21. The molecule has 1 atom stereocenters. The van der Waals surface area contributed by atoms with E-state index in [1.54, 1.807) is 31.3 Å². The number of aromatic amines is 1. The minimum atomic E-state index is -0.622. The van der Waals surface area contributed by atoms with E-state index >= 15 is 0 Å². The van der Waals surface area contributed by atoms with Crippen LogP contribution in [0.1, 0.15) is 25.8 Å². The van der Waals surface area contributed by atoms with Crippen LogP contribution in [0.4, 0.5) is 0 Å². The van der Waals surface area contributed by atoms with E-state index in [0.717, 1.165) is 10.4 Å². The molecule has 1 N–H and O–H groups in total. The lowest BCUT2D eigenvalue weighted by Crippen LogP contribution is -2.16. The summed E-state index contributed by atoms with van der Waals surface area (Å²) in [6.45, 7) is 3.41. The lowest BCUT2D eigenvalue weighted by Gasteiger charge is -2.10. The highest BCUT2D eigenvalue weighted by atomic mass is 32.1. The second-order valence-corrected chi connectivity index (χ2v) is 6.64. The first-order chi connectivity index (χ1) is 11.1. The maximum Gasteiger partial charge on any atom is 0.331 e. The highest BCUT2D eigenvalue weighted by molar-refractivity contribution is 7.18. The Bertz CT molecular complexity index is 923. The predicted molar refractivity (Wildman–Crippen MR) is 92.9 cm³/mol. The van der Waals surface area contributed by atoms with Crippen LogP contribution in [-0.2, 0) is 9.53 Å². The molecule has 0 unspecified atom stereocenters. The number of nitrogens with one attached hydrogen (secondary N) is 1. The number of aromatic nitrogens is 2. The first-order valence-corrected chi connectivity index (χ1v) is 8.74. The topological polar surface area (TPSA) is 72.0 Å². The Morgan fingerprint density at radius 1 is 1.43 bits per heavy atom. The van der Waals surface area contributed by atoms with Gasteiger partial charge in [0.05, 0.1) is 5.39 Å². The molecule has 0 bridgehead atoms. The third kappa shape index (κ3) is 3.11. The van der Waals surface area contributed by atoms with Crippen LogP contribution in [0.5, 0.6) is 0 Å². The van der Waals surface area contributed by atoms with Gasteiger partial charge in [0.1, 0.15) is 4.83 Å². The Morgan fingerprint density at radius 3 is 2.96 bits per heavy atom. The van der Waals surface area contributed by atoms with Crippen molar-refractivity contribution in [2.45, 2.75) is 20.0 Å². The molecule has 0 saturated carbocycles. The largest absolute Gasteiger partial charge is 0.451 e. The number of carbonyl (C=O) groups is 1. The molecule has 5 nitrogen and oxygen atoms in total. The minimum absolute atomic E-state index is 0.219. The monoisotopic (exact) mass is 346 g/mol. The molecule has 0 aliphatic rings. The molecule has 0 spiro atoms. The third-order valence-corrected chi connectivity index (χ3v) is 5.01. The van der Waals surface area contributed by atoms with Crippen molar-refractivity contribution in [3.63, 3.8) is 0 Å². The lowest BCUT2D eigenvalue weighted by molar-refractivity contribution is -0.142. The van der Waals surface area contributed by atoms with Crippen molar-refractivity contribution in [1.82, 2.24) is 9.97 Å². The smallest absolute Gasteiger partial charge is 0.331 e. The summed E-state index contributed by atoms with van der Waals surface area (Å²) in [6, 6.07) is 3.92. The summed E-state index contributed by atoms with van der Waals surface area (Å²) in [7, 11) is 0. The van der Waals surface area contributed by atoms with Gasteiger partial charge in [-0.05, 0) is 25.3 Å². The van der Waals surface area contributed by atoms with Crippen molar-refractivity contribution < 1.29 is 9.53 Å². The van der Waals surface area contributed by atoms with Gasteiger partial charge < -0.3 is 9.72 Å². The summed E-state index contributed by atoms with van der Waals surface area (Å²) in [6.07, 6.45) is 2.30.